The van der Waals surface area contributed by atoms with Crippen molar-refractivity contribution in [3.8, 4) is 0 Å². The van der Waals surface area contributed by atoms with Crippen molar-refractivity contribution in [2.45, 2.75) is 32.4 Å². The fraction of sp³-hybridized carbons (Fsp3) is 0.194. The predicted octanol–water partition coefficient (Wildman–Crippen LogP) is 6.74. The highest BCUT2D eigenvalue weighted by molar-refractivity contribution is 6.30. The third kappa shape index (κ3) is 4.93. The van der Waals surface area contributed by atoms with Crippen LogP contribution in [0, 0.1) is 6.92 Å². The maximum atomic E-state index is 13.6. The van der Waals surface area contributed by atoms with Crippen LogP contribution in [0.25, 0.3) is 10.8 Å². The largest absolute Gasteiger partial charge is 0.509 e. The fourth-order valence-electron chi connectivity index (χ4n) is 4.95. The lowest BCUT2D eigenvalue weighted by molar-refractivity contribution is -0.116. The highest BCUT2D eigenvalue weighted by atomic mass is 35.5. The third-order valence-electron chi connectivity index (χ3n) is 6.89. The summed E-state index contributed by atoms with van der Waals surface area (Å²) in [6, 6.07) is 26.3. The maximum absolute atomic E-state index is 13.6. The van der Waals surface area contributed by atoms with Crippen molar-refractivity contribution in [2.75, 3.05) is 16.8 Å². The number of rotatable bonds is 6. The molecule has 4 aromatic rings. The van der Waals surface area contributed by atoms with Gasteiger partial charge in [-0.2, -0.15) is 0 Å². The average molecular weight is 513 g/mol. The molecule has 6 heteroatoms. The van der Waals surface area contributed by atoms with Crippen molar-refractivity contribution in [3.63, 3.8) is 0 Å². The Balaban J connectivity index is 1.59. The number of carbonyl (C=O) groups is 1. The number of fused-ring (bicyclic) bond motifs is 2. The molecule has 0 spiro atoms. The van der Waals surface area contributed by atoms with E-state index in [9.17, 15) is 15.0 Å². The monoisotopic (exact) mass is 512 g/mol. The van der Waals surface area contributed by atoms with Gasteiger partial charge in [-0.25, -0.2) is 0 Å². The van der Waals surface area contributed by atoms with Gasteiger partial charge in [0.1, 0.15) is 11.9 Å². The molecule has 1 heterocycles. The molecule has 188 valence electrons. The van der Waals surface area contributed by atoms with Gasteiger partial charge in [-0.05, 0) is 72.5 Å². The summed E-state index contributed by atoms with van der Waals surface area (Å²) in [5, 5.41) is 29.2. The zero-order chi connectivity index (χ0) is 26.1. The second kappa shape index (κ2) is 10.3. The number of hydrogen-bond donors (Lipinski definition) is 3. The van der Waals surface area contributed by atoms with E-state index in [1.807, 2.05) is 86.6 Å². The molecule has 5 rings (SSSR count). The molecule has 2 atom stereocenters. The van der Waals surface area contributed by atoms with Crippen molar-refractivity contribution in [1.29, 1.82) is 0 Å². The Labute approximate surface area is 221 Å². The molecule has 1 aliphatic heterocycles. The van der Waals surface area contributed by atoms with E-state index in [4.69, 9.17) is 11.6 Å². The SMILES string of the molecule is CCN1C(=O)C(=C(O)C(Cc2ccc(Cl)cc2)Nc2ccc3ccccc3c2)C(O)c2ccc(C)cc21. The molecule has 0 saturated heterocycles. The highest BCUT2D eigenvalue weighted by Gasteiger charge is 2.38. The van der Waals surface area contributed by atoms with Crippen molar-refractivity contribution >= 4 is 39.7 Å². The van der Waals surface area contributed by atoms with Crippen LogP contribution in [0.5, 0.6) is 0 Å². The number of aliphatic hydroxyl groups excluding tert-OH is 2. The van der Waals surface area contributed by atoms with Crippen LogP contribution in [-0.4, -0.2) is 28.7 Å². The molecular formula is C31H29ClN2O3. The Morgan fingerprint density at radius 3 is 2.46 bits per heavy atom. The van der Waals surface area contributed by atoms with Crippen LogP contribution in [0.1, 0.15) is 29.7 Å². The van der Waals surface area contributed by atoms with Gasteiger partial charge in [0.2, 0.25) is 0 Å². The lowest BCUT2D eigenvalue weighted by Gasteiger charge is -2.35. The number of nitrogens with zero attached hydrogens (tertiary/aromatic N) is 1. The minimum Gasteiger partial charge on any atom is -0.509 e. The van der Waals surface area contributed by atoms with Gasteiger partial charge in [0, 0.05) is 22.8 Å². The molecule has 0 radical (unpaired) electrons. The number of carbonyl (C=O) groups excluding carboxylic acids is 1. The molecule has 5 nitrogen and oxygen atoms in total. The second-order valence-electron chi connectivity index (χ2n) is 9.40. The van der Waals surface area contributed by atoms with Gasteiger partial charge in [0.15, 0.2) is 0 Å². The van der Waals surface area contributed by atoms with E-state index in [0.717, 1.165) is 27.6 Å². The molecular weight excluding hydrogens is 484 g/mol. The van der Waals surface area contributed by atoms with Crippen LogP contribution < -0.4 is 10.2 Å². The molecule has 0 saturated carbocycles. The van der Waals surface area contributed by atoms with Crippen molar-refractivity contribution < 1.29 is 15.0 Å². The first-order chi connectivity index (χ1) is 17.9. The summed E-state index contributed by atoms with van der Waals surface area (Å²) in [5.41, 5.74) is 3.98. The Hall–Kier alpha value is -3.80. The van der Waals surface area contributed by atoms with Crippen LogP contribution in [0.2, 0.25) is 5.02 Å². The first kappa shape index (κ1) is 24.9. The van der Waals surface area contributed by atoms with Gasteiger partial charge in [0.05, 0.1) is 17.3 Å². The normalized spacial score (nSPS) is 17.5. The zero-order valence-electron chi connectivity index (χ0n) is 20.8. The Morgan fingerprint density at radius 2 is 1.73 bits per heavy atom. The predicted molar refractivity (Wildman–Crippen MR) is 150 cm³/mol. The van der Waals surface area contributed by atoms with Gasteiger partial charge in [-0.15, -0.1) is 0 Å². The number of aryl methyl sites for hydroxylation is 1. The summed E-state index contributed by atoms with van der Waals surface area (Å²) >= 11 is 6.09. The number of likely N-dealkylation sites (N-methyl/N-ethyl adjacent to an activating group) is 1. The van der Waals surface area contributed by atoms with E-state index < -0.39 is 18.1 Å². The van der Waals surface area contributed by atoms with Gasteiger partial charge in [0.25, 0.3) is 5.91 Å². The minimum atomic E-state index is -1.24. The second-order valence-corrected chi connectivity index (χ2v) is 9.84. The summed E-state index contributed by atoms with van der Waals surface area (Å²) < 4.78 is 0. The van der Waals surface area contributed by atoms with E-state index in [1.165, 1.54) is 0 Å². The molecule has 0 aliphatic carbocycles. The zero-order valence-corrected chi connectivity index (χ0v) is 21.5. The van der Waals surface area contributed by atoms with E-state index in [2.05, 4.69) is 5.32 Å². The summed E-state index contributed by atoms with van der Waals surface area (Å²) in [5.74, 6) is -0.572. The summed E-state index contributed by atoms with van der Waals surface area (Å²) in [7, 11) is 0. The fourth-order valence-corrected chi connectivity index (χ4v) is 5.08. The van der Waals surface area contributed by atoms with Crippen molar-refractivity contribution in [1.82, 2.24) is 0 Å². The summed E-state index contributed by atoms with van der Waals surface area (Å²) in [6.45, 7) is 4.25. The minimum absolute atomic E-state index is 0.00884. The molecule has 0 fully saturated rings. The molecule has 4 aromatic carbocycles. The van der Waals surface area contributed by atoms with Crippen molar-refractivity contribution in [3.05, 3.63) is 118 Å². The lowest BCUT2D eigenvalue weighted by atomic mass is 9.89. The molecule has 0 aromatic heterocycles. The van der Waals surface area contributed by atoms with Gasteiger partial charge in [-0.1, -0.05) is 66.2 Å². The molecule has 3 N–H and O–H groups in total. The summed E-state index contributed by atoms with van der Waals surface area (Å²) in [6.07, 6.45) is -0.858. The molecule has 0 bridgehead atoms. The number of amides is 1. The molecule has 1 aliphatic rings. The highest BCUT2D eigenvalue weighted by Crippen LogP contribution is 2.40. The lowest BCUT2D eigenvalue weighted by Crippen LogP contribution is -2.41. The first-order valence-electron chi connectivity index (χ1n) is 12.4. The number of aliphatic hydroxyl groups is 2. The first-order valence-corrected chi connectivity index (χ1v) is 12.8. The van der Waals surface area contributed by atoms with Crippen LogP contribution in [0.15, 0.2) is 96.3 Å². The van der Waals surface area contributed by atoms with Crippen molar-refractivity contribution in [2.24, 2.45) is 0 Å². The van der Waals surface area contributed by atoms with Crippen LogP contribution in [-0.2, 0) is 11.2 Å². The number of anilines is 2. The van der Waals surface area contributed by atoms with Gasteiger partial charge in [-0.3, -0.25) is 4.79 Å². The number of hydrogen-bond acceptors (Lipinski definition) is 4. The van der Waals surface area contributed by atoms with Crippen LogP contribution in [0.4, 0.5) is 11.4 Å². The molecule has 1 amide bonds. The Kier molecular flexibility index (Phi) is 6.92. The molecule has 2 unspecified atom stereocenters. The topological polar surface area (TPSA) is 72.8 Å². The van der Waals surface area contributed by atoms with Crippen LogP contribution in [0.3, 0.4) is 0 Å². The van der Waals surface area contributed by atoms with E-state index in [0.29, 0.717) is 29.2 Å². The van der Waals surface area contributed by atoms with Crippen LogP contribution >= 0.6 is 11.6 Å². The number of nitrogens with one attached hydrogen (secondary N) is 1. The maximum Gasteiger partial charge on any atom is 0.260 e. The average Bonchev–Trinajstić information content (AvgIpc) is 2.89. The number of halogens is 1. The number of benzene rings is 4. The third-order valence-corrected chi connectivity index (χ3v) is 7.14. The van der Waals surface area contributed by atoms with E-state index >= 15 is 0 Å². The van der Waals surface area contributed by atoms with Gasteiger partial charge < -0.3 is 20.4 Å². The van der Waals surface area contributed by atoms with E-state index in [-0.39, 0.29) is 11.3 Å². The smallest absolute Gasteiger partial charge is 0.260 e. The standard InChI is InChI=1S/C31H29ClN2O3/c1-3-34-27-16-19(2)8-15-25(27)29(35)28(31(34)37)30(36)26(17-20-9-12-23(32)13-10-20)33-24-14-11-21-6-4-5-7-22(21)18-24/h4-16,18,26,29,33,35-36H,3,17H2,1-2H3. The van der Waals surface area contributed by atoms with E-state index in [1.54, 1.807) is 17.0 Å². The summed E-state index contributed by atoms with van der Waals surface area (Å²) in [4.78, 5) is 15.2. The quantitative estimate of drug-likeness (QED) is 0.198. The Morgan fingerprint density at radius 1 is 1.00 bits per heavy atom. The van der Waals surface area contributed by atoms with Gasteiger partial charge >= 0.3 is 0 Å². The Bertz CT molecular complexity index is 1500. The molecule has 37 heavy (non-hydrogen) atoms.